The second-order valence-electron chi connectivity index (χ2n) is 8.32. The topological polar surface area (TPSA) is 69.9 Å². The molecule has 0 radical (unpaired) electrons. The van der Waals surface area contributed by atoms with Crippen molar-refractivity contribution < 1.29 is 9.53 Å². The van der Waals surface area contributed by atoms with Crippen molar-refractivity contribution in [3.63, 3.8) is 0 Å². The normalized spacial score (nSPS) is 11.5. The first-order valence-corrected chi connectivity index (χ1v) is 10.1. The van der Waals surface area contributed by atoms with Gasteiger partial charge in [-0.15, -0.1) is 10.2 Å². The van der Waals surface area contributed by atoms with Crippen molar-refractivity contribution in [2.45, 2.75) is 26.8 Å². The van der Waals surface area contributed by atoms with Crippen LogP contribution in [0.4, 0.5) is 0 Å². The summed E-state index contributed by atoms with van der Waals surface area (Å²) in [6, 6.07) is 27.1. The number of hydrogen-bond donors (Lipinski definition) is 0. The van der Waals surface area contributed by atoms with Crippen LogP contribution in [-0.4, -0.2) is 26.2 Å². The Labute approximate surface area is 181 Å². The lowest BCUT2D eigenvalue weighted by Crippen LogP contribution is -2.25. The van der Waals surface area contributed by atoms with Gasteiger partial charge in [0, 0.05) is 5.56 Å². The average molecular weight is 412 g/mol. The Morgan fingerprint density at radius 2 is 1.39 bits per heavy atom. The van der Waals surface area contributed by atoms with Gasteiger partial charge in [0.2, 0.25) is 5.82 Å². The Balaban J connectivity index is 1.61. The summed E-state index contributed by atoms with van der Waals surface area (Å²) < 4.78 is 5.43. The van der Waals surface area contributed by atoms with E-state index in [0.717, 1.165) is 16.7 Å². The van der Waals surface area contributed by atoms with Crippen LogP contribution in [0.5, 0.6) is 5.75 Å². The van der Waals surface area contributed by atoms with E-state index < -0.39 is 5.41 Å². The van der Waals surface area contributed by atoms with E-state index in [2.05, 4.69) is 39.7 Å². The van der Waals surface area contributed by atoms with Crippen LogP contribution < -0.4 is 4.74 Å². The van der Waals surface area contributed by atoms with E-state index in [1.807, 2.05) is 69.3 Å². The lowest BCUT2D eigenvalue weighted by atomic mass is 9.97. The number of carbonyl (C=O) groups excluding carboxylic acids is 1. The van der Waals surface area contributed by atoms with Gasteiger partial charge >= 0.3 is 5.97 Å². The quantitative estimate of drug-likeness (QED) is 0.343. The van der Waals surface area contributed by atoms with E-state index in [1.165, 1.54) is 0 Å². The zero-order valence-electron chi connectivity index (χ0n) is 17.8. The van der Waals surface area contributed by atoms with E-state index in [0.29, 0.717) is 11.6 Å². The molecular weight excluding hydrogens is 388 g/mol. The maximum absolute atomic E-state index is 12.1. The molecule has 6 nitrogen and oxygen atoms in total. The fourth-order valence-electron chi connectivity index (χ4n) is 3.11. The lowest BCUT2D eigenvalue weighted by Gasteiger charge is -2.16. The fraction of sp³-hybridized carbons (Fsp3) is 0.200. The molecular formula is C25H24N4O2. The molecule has 3 aromatic carbocycles. The van der Waals surface area contributed by atoms with Crippen LogP contribution >= 0.6 is 0 Å². The minimum Gasteiger partial charge on any atom is -0.426 e. The van der Waals surface area contributed by atoms with Gasteiger partial charge in [-0.2, -0.15) is 4.80 Å². The van der Waals surface area contributed by atoms with Gasteiger partial charge in [-0.25, -0.2) is 0 Å². The third-order valence-corrected chi connectivity index (χ3v) is 4.83. The molecule has 0 unspecified atom stereocenters. The fourth-order valence-corrected chi connectivity index (χ4v) is 3.11. The molecule has 0 saturated heterocycles. The Morgan fingerprint density at radius 1 is 0.839 bits per heavy atom. The second-order valence-corrected chi connectivity index (χ2v) is 8.32. The van der Waals surface area contributed by atoms with Gasteiger partial charge < -0.3 is 4.74 Å². The van der Waals surface area contributed by atoms with E-state index in [1.54, 1.807) is 16.9 Å². The van der Waals surface area contributed by atoms with Crippen LogP contribution in [0.2, 0.25) is 0 Å². The van der Waals surface area contributed by atoms with Gasteiger partial charge in [0.25, 0.3) is 0 Å². The minimum absolute atomic E-state index is 0.185. The molecule has 0 atom stereocenters. The highest BCUT2D eigenvalue weighted by atomic mass is 16.5. The second kappa shape index (κ2) is 8.52. The average Bonchev–Trinajstić information content (AvgIpc) is 3.25. The van der Waals surface area contributed by atoms with Gasteiger partial charge in [-0.3, -0.25) is 4.79 Å². The molecule has 6 heteroatoms. The third-order valence-electron chi connectivity index (χ3n) is 4.83. The van der Waals surface area contributed by atoms with Crippen LogP contribution in [0.3, 0.4) is 0 Å². The molecule has 0 aliphatic heterocycles. The largest absolute Gasteiger partial charge is 0.426 e. The highest BCUT2D eigenvalue weighted by Crippen LogP contribution is 2.27. The number of nitrogens with zero attached hydrogens (tertiary/aromatic N) is 4. The van der Waals surface area contributed by atoms with Crippen molar-refractivity contribution >= 4 is 5.97 Å². The highest BCUT2D eigenvalue weighted by molar-refractivity contribution is 5.78. The summed E-state index contributed by atoms with van der Waals surface area (Å²) in [5, 5.41) is 13.3. The summed E-state index contributed by atoms with van der Waals surface area (Å²) in [5.74, 6) is 0.714. The molecule has 31 heavy (non-hydrogen) atoms. The molecule has 0 aliphatic rings. The van der Waals surface area contributed by atoms with Crippen LogP contribution in [0.15, 0.2) is 84.9 Å². The SMILES string of the molecule is CC(C)(C)C(=O)Oc1ccc(-c2nnn(C(c3ccccc3)c3ccccc3)n2)cc1. The summed E-state index contributed by atoms with van der Waals surface area (Å²) in [6.45, 7) is 5.46. The summed E-state index contributed by atoms with van der Waals surface area (Å²) in [4.78, 5) is 13.7. The van der Waals surface area contributed by atoms with E-state index in [9.17, 15) is 4.79 Å². The molecule has 0 N–H and O–H groups in total. The van der Waals surface area contributed by atoms with Crippen molar-refractivity contribution in [3.8, 4) is 17.1 Å². The monoisotopic (exact) mass is 412 g/mol. The summed E-state index contributed by atoms with van der Waals surface area (Å²) in [7, 11) is 0. The molecule has 0 amide bonds. The van der Waals surface area contributed by atoms with Gasteiger partial charge in [0.1, 0.15) is 11.8 Å². The van der Waals surface area contributed by atoms with Gasteiger partial charge in [-0.1, -0.05) is 60.7 Å². The molecule has 0 fully saturated rings. The minimum atomic E-state index is -0.563. The standard InChI is InChI=1S/C25H24N4O2/c1-25(2,3)24(30)31-21-16-14-20(15-17-21)23-26-28-29(27-23)22(18-10-6-4-7-11-18)19-12-8-5-9-13-19/h4-17,22H,1-3H3. The maximum atomic E-state index is 12.1. The lowest BCUT2D eigenvalue weighted by molar-refractivity contribution is -0.142. The molecule has 4 aromatic rings. The molecule has 1 heterocycles. The van der Waals surface area contributed by atoms with Crippen molar-refractivity contribution in [2.75, 3.05) is 0 Å². The Morgan fingerprint density at radius 3 is 1.90 bits per heavy atom. The first-order valence-electron chi connectivity index (χ1n) is 10.1. The number of hydrogen-bond acceptors (Lipinski definition) is 5. The van der Waals surface area contributed by atoms with Gasteiger partial charge in [0.05, 0.1) is 5.41 Å². The maximum Gasteiger partial charge on any atom is 0.316 e. The first-order chi connectivity index (χ1) is 14.9. The number of ether oxygens (including phenoxy) is 1. The molecule has 1 aromatic heterocycles. The molecule has 0 bridgehead atoms. The van der Waals surface area contributed by atoms with E-state index in [-0.39, 0.29) is 12.0 Å². The molecule has 0 aliphatic carbocycles. The Hall–Kier alpha value is -3.80. The predicted octanol–water partition coefficient (Wildman–Crippen LogP) is 4.93. The van der Waals surface area contributed by atoms with Crippen molar-refractivity contribution in [1.29, 1.82) is 0 Å². The van der Waals surface area contributed by atoms with E-state index >= 15 is 0 Å². The first kappa shape index (κ1) is 20.5. The number of esters is 1. The van der Waals surface area contributed by atoms with E-state index in [4.69, 9.17) is 4.74 Å². The van der Waals surface area contributed by atoms with Crippen LogP contribution in [0.1, 0.15) is 37.9 Å². The molecule has 0 spiro atoms. The molecule has 4 rings (SSSR count). The Kier molecular flexibility index (Phi) is 5.62. The number of aromatic nitrogens is 4. The molecule has 0 saturated carbocycles. The summed E-state index contributed by atoms with van der Waals surface area (Å²) in [6.07, 6.45) is 0. The third kappa shape index (κ3) is 4.69. The zero-order valence-corrected chi connectivity index (χ0v) is 17.8. The zero-order chi connectivity index (χ0) is 21.8. The van der Waals surface area contributed by atoms with Crippen molar-refractivity contribution in [3.05, 3.63) is 96.1 Å². The van der Waals surface area contributed by atoms with Crippen molar-refractivity contribution in [1.82, 2.24) is 20.2 Å². The number of carbonyl (C=O) groups is 1. The van der Waals surface area contributed by atoms with Crippen LogP contribution in [0, 0.1) is 5.41 Å². The van der Waals surface area contributed by atoms with Gasteiger partial charge in [-0.05, 0) is 61.4 Å². The summed E-state index contributed by atoms with van der Waals surface area (Å²) in [5.41, 5.74) is 2.37. The van der Waals surface area contributed by atoms with Crippen molar-refractivity contribution in [2.24, 2.45) is 5.41 Å². The number of tetrazole rings is 1. The smallest absolute Gasteiger partial charge is 0.316 e. The Bertz CT molecular complexity index is 1110. The highest BCUT2D eigenvalue weighted by Gasteiger charge is 2.24. The molecule has 156 valence electrons. The predicted molar refractivity (Wildman–Crippen MR) is 118 cm³/mol. The van der Waals surface area contributed by atoms with Gasteiger partial charge in [0.15, 0.2) is 0 Å². The van der Waals surface area contributed by atoms with Crippen LogP contribution in [-0.2, 0) is 4.79 Å². The summed E-state index contributed by atoms with van der Waals surface area (Å²) >= 11 is 0. The number of benzene rings is 3. The number of rotatable bonds is 5. The van der Waals surface area contributed by atoms with Crippen LogP contribution in [0.25, 0.3) is 11.4 Å².